The molecule has 1 fully saturated rings. The van der Waals surface area contributed by atoms with Gasteiger partial charge in [0.15, 0.2) is 0 Å². The lowest BCUT2D eigenvalue weighted by Gasteiger charge is -2.23. The van der Waals surface area contributed by atoms with Crippen LogP contribution >= 0.6 is 12.2 Å². The SMILES string of the molecule is CC(CNC(=O)C(C)(C)C(N)=S)C1CC1. The van der Waals surface area contributed by atoms with Crippen LogP contribution in [0, 0.1) is 17.3 Å². The summed E-state index contributed by atoms with van der Waals surface area (Å²) in [5.74, 6) is 1.30. The van der Waals surface area contributed by atoms with E-state index in [0.29, 0.717) is 5.92 Å². The summed E-state index contributed by atoms with van der Waals surface area (Å²) in [5.41, 5.74) is 4.78. The van der Waals surface area contributed by atoms with Crippen LogP contribution < -0.4 is 11.1 Å². The smallest absolute Gasteiger partial charge is 0.232 e. The third-order valence-electron chi connectivity index (χ3n) is 3.19. The maximum atomic E-state index is 11.8. The molecular weight excluding hydrogens is 208 g/mol. The van der Waals surface area contributed by atoms with E-state index in [0.717, 1.165) is 12.5 Å². The van der Waals surface area contributed by atoms with Crippen LogP contribution in [0.2, 0.25) is 0 Å². The molecular formula is C11H20N2OS. The summed E-state index contributed by atoms with van der Waals surface area (Å²) in [5, 5.41) is 2.92. The summed E-state index contributed by atoms with van der Waals surface area (Å²) in [4.78, 5) is 12.0. The third kappa shape index (κ3) is 3.16. The minimum absolute atomic E-state index is 0.0671. The van der Waals surface area contributed by atoms with Crippen molar-refractivity contribution in [3.8, 4) is 0 Å². The van der Waals surface area contributed by atoms with Crippen LogP contribution in [0.3, 0.4) is 0 Å². The number of thiocarbonyl (C=S) groups is 1. The van der Waals surface area contributed by atoms with Crippen molar-refractivity contribution in [1.82, 2.24) is 5.32 Å². The summed E-state index contributed by atoms with van der Waals surface area (Å²) in [6, 6.07) is 0. The molecule has 86 valence electrons. The average molecular weight is 228 g/mol. The van der Waals surface area contributed by atoms with Gasteiger partial charge in [-0.3, -0.25) is 4.79 Å². The lowest BCUT2D eigenvalue weighted by molar-refractivity contribution is -0.126. The number of nitrogens with two attached hydrogens (primary N) is 1. The second-order valence-electron chi connectivity index (χ2n) is 5.01. The van der Waals surface area contributed by atoms with Gasteiger partial charge in [-0.15, -0.1) is 0 Å². The quantitative estimate of drug-likeness (QED) is 0.700. The number of carbonyl (C=O) groups is 1. The number of rotatable bonds is 5. The number of hydrogen-bond donors (Lipinski definition) is 2. The largest absolute Gasteiger partial charge is 0.392 e. The zero-order valence-corrected chi connectivity index (χ0v) is 10.5. The fourth-order valence-corrected chi connectivity index (χ4v) is 1.51. The van der Waals surface area contributed by atoms with E-state index >= 15 is 0 Å². The van der Waals surface area contributed by atoms with Crippen LogP contribution in [0.15, 0.2) is 0 Å². The standard InChI is InChI=1S/C11H20N2OS/c1-7(8-4-5-8)6-13-10(14)11(2,3)9(12)15/h7-8H,4-6H2,1-3H3,(H2,12,15)(H,13,14). The first-order chi connectivity index (χ1) is 6.85. The molecule has 1 saturated carbocycles. The fraction of sp³-hybridized carbons (Fsp3) is 0.818. The summed E-state index contributed by atoms with van der Waals surface area (Å²) in [7, 11) is 0. The number of hydrogen-bond acceptors (Lipinski definition) is 2. The van der Waals surface area contributed by atoms with Crippen molar-refractivity contribution in [3.05, 3.63) is 0 Å². The molecule has 0 aromatic rings. The maximum Gasteiger partial charge on any atom is 0.232 e. The van der Waals surface area contributed by atoms with Crippen molar-refractivity contribution in [3.63, 3.8) is 0 Å². The Morgan fingerprint density at radius 2 is 2.13 bits per heavy atom. The van der Waals surface area contributed by atoms with Gasteiger partial charge in [0.05, 0.1) is 10.4 Å². The lowest BCUT2D eigenvalue weighted by atomic mass is 9.92. The molecule has 0 saturated heterocycles. The first-order valence-corrected chi connectivity index (χ1v) is 5.84. The Kier molecular flexibility index (Phi) is 3.71. The van der Waals surface area contributed by atoms with E-state index in [9.17, 15) is 4.79 Å². The molecule has 0 radical (unpaired) electrons. The van der Waals surface area contributed by atoms with E-state index < -0.39 is 5.41 Å². The predicted molar refractivity (Wildman–Crippen MR) is 65.5 cm³/mol. The van der Waals surface area contributed by atoms with Gasteiger partial charge in [0.2, 0.25) is 5.91 Å². The number of amides is 1. The maximum absolute atomic E-state index is 11.8. The minimum atomic E-state index is -0.737. The summed E-state index contributed by atoms with van der Waals surface area (Å²) >= 11 is 4.87. The van der Waals surface area contributed by atoms with E-state index in [-0.39, 0.29) is 10.9 Å². The number of carbonyl (C=O) groups excluding carboxylic acids is 1. The van der Waals surface area contributed by atoms with Crippen LogP contribution in [-0.4, -0.2) is 17.4 Å². The van der Waals surface area contributed by atoms with Crippen LogP contribution in [-0.2, 0) is 4.79 Å². The Hall–Kier alpha value is -0.640. The molecule has 1 atom stereocenters. The molecule has 0 heterocycles. The van der Waals surface area contributed by atoms with E-state index in [4.69, 9.17) is 18.0 Å². The summed E-state index contributed by atoms with van der Waals surface area (Å²) < 4.78 is 0. The monoisotopic (exact) mass is 228 g/mol. The zero-order chi connectivity index (χ0) is 11.6. The Labute approximate surface area is 96.8 Å². The Balaban J connectivity index is 2.37. The van der Waals surface area contributed by atoms with Gasteiger partial charge >= 0.3 is 0 Å². The van der Waals surface area contributed by atoms with Gasteiger partial charge in [-0.1, -0.05) is 19.1 Å². The van der Waals surface area contributed by atoms with Crippen LogP contribution in [0.1, 0.15) is 33.6 Å². The molecule has 4 heteroatoms. The molecule has 1 aliphatic rings. The molecule has 1 unspecified atom stereocenters. The van der Waals surface area contributed by atoms with Gasteiger partial charge < -0.3 is 11.1 Å². The van der Waals surface area contributed by atoms with Crippen molar-refractivity contribution < 1.29 is 4.79 Å². The molecule has 3 nitrogen and oxygen atoms in total. The molecule has 15 heavy (non-hydrogen) atoms. The van der Waals surface area contributed by atoms with Gasteiger partial charge in [0, 0.05) is 6.54 Å². The predicted octanol–water partition coefficient (Wildman–Crippen LogP) is 1.46. The Morgan fingerprint density at radius 3 is 2.53 bits per heavy atom. The molecule has 3 N–H and O–H groups in total. The van der Waals surface area contributed by atoms with Gasteiger partial charge in [-0.2, -0.15) is 0 Å². The highest BCUT2D eigenvalue weighted by Crippen LogP contribution is 2.36. The van der Waals surface area contributed by atoms with Gasteiger partial charge in [0.1, 0.15) is 0 Å². The second-order valence-corrected chi connectivity index (χ2v) is 5.45. The summed E-state index contributed by atoms with van der Waals surface area (Å²) in [6.07, 6.45) is 2.60. The van der Waals surface area contributed by atoms with Crippen molar-refractivity contribution in [2.24, 2.45) is 23.0 Å². The van der Waals surface area contributed by atoms with Crippen LogP contribution in [0.4, 0.5) is 0 Å². The molecule has 1 rings (SSSR count). The fourth-order valence-electron chi connectivity index (χ4n) is 1.42. The molecule has 0 aromatic heterocycles. The van der Waals surface area contributed by atoms with Gasteiger partial charge in [-0.05, 0) is 38.5 Å². The summed E-state index contributed by atoms with van der Waals surface area (Å²) in [6.45, 7) is 6.42. The van der Waals surface area contributed by atoms with Crippen molar-refractivity contribution in [2.45, 2.75) is 33.6 Å². The molecule has 1 aliphatic carbocycles. The van der Waals surface area contributed by atoms with Crippen LogP contribution in [0.25, 0.3) is 0 Å². The molecule has 1 amide bonds. The highest BCUT2D eigenvalue weighted by Gasteiger charge is 2.32. The highest BCUT2D eigenvalue weighted by molar-refractivity contribution is 7.80. The van der Waals surface area contributed by atoms with Crippen molar-refractivity contribution in [1.29, 1.82) is 0 Å². The number of nitrogens with one attached hydrogen (secondary N) is 1. The zero-order valence-electron chi connectivity index (χ0n) is 9.67. The normalized spacial score (nSPS) is 18.3. The van der Waals surface area contributed by atoms with Crippen molar-refractivity contribution in [2.75, 3.05) is 6.54 Å². The van der Waals surface area contributed by atoms with Gasteiger partial charge in [-0.25, -0.2) is 0 Å². The first-order valence-electron chi connectivity index (χ1n) is 5.44. The van der Waals surface area contributed by atoms with Crippen molar-refractivity contribution >= 4 is 23.1 Å². The topological polar surface area (TPSA) is 55.1 Å². The van der Waals surface area contributed by atoms with Gasteiger partial charge in [0.25, 0.3) is 0 Å². The molecule has 0 aromatic carbocycles. The average Bonchev–Trinajstić information content (AvgIpc) is 2.96. The molecule has 0 bridgehead atoms. The van der Waals surface area contributed by atoms with E-state index in [1.807, 2.05) is 0 Å². The Morgan fingerprint density at radius 1 is 1.60 bits per heavy atom. The van der Waals surface area contributed by atoms with Crippen LogP contribution in [0.5, 0.6) is 0 Å². The van der Waals surface area contributed by atoms with E-state index in [1.54, 1.807) is 13.8 Å². The Bertz CT molecular complexity index is 272. The first kappa shape index (κ1) is 12.4. The second kappa shape index (κ2) is 4.47. The molecule has 0 aliphatic heterocycles. The van der Waals surface area contributed by atoms with E-state index in [2.05, 4.69) is 12.2 Å². The minimum Gasteiger partial charge on any atom is -0.392 e. The molecule has 0 spiro atoms. The lowest BCUT2D eigenvalue weighted by Crippen LogP contribution is -2.46. The van der Waals surface area contributed by atoms with E-state index in [1.165, 1.54) is 12.8 Å². The third-order valence-corrected chi connectivity index (χ3v) is 3.71. The highest BCUT2D eigenvalue weighted by atomic mass is 32.1.